The summed E-state index contributed by atoms with van der Waals surface area (Å²) in [4.78, 5) is 22.5. The highest BCUT2D eigenvalue weighted by Gasteiger charge is 2.30. The fraction of sp³-hybridized carbons (Fsp3) is 0.846. The molecule has 0 radical (unpaired) electrons. The van der Waals surface area contributed by atoms with E-state index in [-0.39, 0.29) is 23.8 Å². The van der Waals surface area contributed by atoms with Crippen molar-refractivity contribution < 1.29 is 9.59 Å². The Kier molecular flexibility index (Phi) is 6.12. The van der Waals surface area contributed by atoms with Crippen molar-refractivity contribution in [1.29, 1.82) is 0 Å². The van der Waals surface area contributed by atoms with E-state index in [1.165, 1.54) is 0 Å². The standard InChI is InChI=1S/C13H25N3O2/c1-9-8-10(14)5-6-11(9)13(18)16-7-3-2-4-12(15)17/h9-11H,2-8,14H2,1H3,(H2,15,17)(H,16,18). The third-order valence-corrected chi connectivity index (χ3v) is 3.70. The largest absolute Gasteiger partial charge is 0.370 e. The quantitative estimate of drug-likeness (QED) is 0.603. The molecule has 0 aromatic carbocycles. The lowest BCUT2D eigenvalue weighted by Crippen LogP contribution is -2.41. The third-order valence-electron chi connectivity index (χ3n) is 3.70. The van der Waals surface area contributed by atoms with Crippen molar-refractivity contribution in [3.8, 4) is 0 Å². The summed E-state index contributed by atoms with van der Waals surface area (Å²) >= 11 is 0. The van der Waals surface area contributed by atoms with Gasteiger partial charge < -0.3 is 16.8 Å². The number of nitrogens with one attached hydrogen (secondary N) is 1. The Morgan fingerprint density at radius 3 is 2.61 bits per heavy atom. The van der Waals surface area contributed by atoms with Gasteiger partial charge >= 0.3 is 0 Å². The Balaban J connectivity index is 2.18. The Morgan fingerprint density at radius 1 is 1.28 bits per heavy atom. The van der Waals surface area contributed by atoms with E-state index in [0.29, 0.717) is 18.9 Å². The van der Waals surface area contributed by atoms with Crippen LogP contribution in [0, 0.1) is 11.8 Å². The van der Waals surface area contributed by atoms with E-state index in [0.717, 1.165) is 32.1 Å². The minimum absolute atomic E-state index is 0.0981. The first kappa shape index (κ1) is 15.0. The number of hydrogen-bond acceptors (Lipinski definition) is 3. The van der Waals surface area contributed by atoms with E-state index in [1.54, 1.807) is 0 Å². The SMILES string of the molecule is CC1CC(N)CCC1C(=O)NCCCCC(N)=O. The van der Waals surface area contributed by atoms with Crippen molar-refractivity contribution in [3.05, 3.63) is 0 Å². The van der Waals surface area contributed by atoms with E-state index >= 15 is 0 Å². The van der Waals surface area contributed by atoms with Crippen LogP contribution >= 0.6 is 0 Å². The maximum atomic E-state index is 12.0. The van der Waals surface area contributed by atoms with Gasteiger partial charge in [0, 0.05) is 24.9 Å². The van der Waals surface area contributed by atoms with Gasteiger partial charge in [-0.3, -0.25) is 9.59 Å². The number of rotatable bonds is 6. The van der Waals surface area contributed by atoms with E-state index in [4.69, 9.17) is 11.5 Å². The first-order valence-corrected chi connectivity index (χ1v) is 6.82. The third kappa shape index (κ3) is 5.04. The minimum atomic E-state index is -0.281. The number of hydrogen-bond donors (Lipinski definition) is 3. The molecule has 5 N–H and O–H groups in total. The molecule has 1 saturated carbocycles. The van der Waals surface area contributed by atoms with Crippen LogP contribution < -0.4 is 16.8 Å². The summed E-state index contributed by atoms with van der Waals surface area (Å²) in [6.07, 6.45) is 4.68. The number of primary amides is 1. The van der Waals surface area contributed by atoms with Crippen LogP contribution in [-0.2, 0) is 9.59 Å². The van der Waals surface area contributed by atoms with Gasteiger partial charge in [-0.1, -0.05) is 6.92 Å². The Labute approximate surface area is 109 Å². The van der Waals surface area contributed by atoms with Crippen LogP contribution in [0.4, 0.5) is 0 Å². The smallest absolute Gasteiger partial charge is 0.223 e. The molecule has 3 atom stereocenters. The lowest BCUT2D eigenvalue weighted by Gasteiger charge is -2.31. The number of carbonyl (C=O) groups excluding carboxylic acids is 2. The van der Waals surface area contributed by atoms with Gasteiger partial charge in [0.15, 0.2) is 0 Å². The van der Waals surface area contributed by atoms with Crippen LogP contribution in [0.25, 0.3) is 0 Å². The Hall–Kier alpha value is -1.10. The molecule has 3 unspecified atom stereocenters. The van der Waals surface area contributed by atoms with E-state index in [2.05, 4.69) is 12.2 Å². The molecule has 18 heavy (non-hydrogen) atoms. The second-order valence-electron chi connectivity index (χ2n) is 5.37. The molecule has 0 heterocycles. The monoisotopic (exact) mass is 255 g/mol. The molecule has 0 spiro atoms. The molecular formula is C13H25N3O2. The molecule has 5 nitrogen and oxygen atoms in total. The minimum Gasteiger partial charge on any atom is -0.370 e. The number of carbonyl (C=O) groups is 2. The van der Waals surface area contributed by atoms with Crippen molar-refractivity contribution >= 4 is 11.8 Å². The summed E-state index contributed by atoms with van der Waals surface area (Å²) in [5.41, 5.74) is 10.9. The molecule has 0 bridgehead atoms. The normalized spacial score (nSPS) is 27.8. The molecule has 1 aliphatic carbocycles. The molecule has 1 fully saturated rings. The summed E-state index contributed by atoms with van der Waals surface area (Å²) in [5.74, 6) is 0.310. The lowest BCUT2D eigenvalue weighted by molar-refractivity contribution is -0.127. The number of amides is 2. The van der Waals surface area contributed by atoms with Gasteiger partial charge in [0.2, 0.25) is 11.8 Å². The van der Waals surface area contributed by atoms with Gasteiger partial charge in [-0.15, -0.1) is 0 Å². The molecule has 1 rings (SSSR count). The fourth-order valence-electron chi connectivity index (χ4n) is 2.59. The molecule has 5 heteroatoms. The first-order valence-electron chi connectivity index (χ1n) is 6.82. The van der Waals surface area contributed by atoms with Crippen LogP contribution in [0.1, 0.15) is 45.4 Å². The molecule has 0 aliphatic heterocycles. The van der Waals surface area contributed by atoms with Crippen LogP contribution in [0.15, 0.2) is 0 Å². The molecule has 2 amide bonds. The summed E-state index contributed by atoms with van der Waals surface area (Å²) in [6, 6.07) is 0.250. The highest BCUT2D eigenvalue weighted by atomic mass is 16.2. The molecule has 104 valence electrons. The first-order chi connectivity index (χ1) is 8.50. The van der Waals surface area contributed by atoms with Crippen molar-refractivity contribution in [2.45, 2.75) is 51.5 Å². The van der Waals surface area contributed by atoms with E-state index in [1.807, 2.05) is 0 Å². The average molecular weight is 255 g/mol. The summed E-state index contributed by atoms with van der Waals surface area (Å²) in [5, 5.41) is 2.94. The van der Waals surface area contributed by atoms with Crippen LogP contribution in [0.2, 0.25) is 0 Å². The van der Waals surface area contributed by atoms with Gasteiger partial charge in [-0.25, -0.2) is 0 Å². The van der Waals surface area contributed by atoms with Crippen molar-refractivity contribution in [2.24, 2.45) is 23.3 Å². The Bertz CT molecular complexity index is 294. The molecule has 0 aromatic rings. The average Bonchev–Trinajstić information content (AvgIpc) is 2.27. The highest BCUT2D eigenvalue weighted by molar-refractivity contribution is 5.79. The van der Waals surface area contributed by atoms with Crippen LogP contribution in [0.3, 0.4) is 0 Å². The van der Waals surface area contributed by atoms with Crippen molar-refractivity contribution in [2.75, 3.05) is 6.54 Å². The number of unbranched alkanes of at least 4 members (excludes halogenated alkanes) is 1. The van der Waals surface area contributed by atoms with Gasteiger partial charge in [-0.2, -0.15) is 0 Å². The number of nitrogens with two attached hydrogens (primary N) is 2. The maximum absolute atomic E-state index is 12.0. The second-order valence-corrected chi connectivity index (χ2v) is 5.37. The predicted octanol–water partition coefficient (Wildman–Crippen LogP) is 0.522. The van der Waals surface area contributed by atoms with Gasteiger partial charge in [-0.05, 0) is 38.0 Å². The highest BCUT2D eigenvalue weighted by Crippen LogP contribution is 2.29. The Morgan fingerprint density at radius 2 is 2.00 bits per heavy atom. The van der Waals surface area contributed by atoms with Crippen LogP contribution in [0.5, 0.6) is 0 Å². The molecule has 0 aromatic heterocycles. The van der Waals surface area contributed by atoms with Crippen molar-refractivity contribution in [3.63, 3.8) is 0 Å². The maximum Gasteiger partial charge on any atom is 0.223 e. The van der Waals surface area contributed by atoms with Crippen molar-refractivity contribution in [1.82, 2.24) is 5.32 Å². The summed E-state index contributed by atoms with van der Waals surface area (Å²) in [7, 11) is 0. The summed E-state index contributed by atoms with van der Waals surface area (Å²) < 4.78 is 0. The predicted molar refractivity (Wildman–Crippen MR) is 70.5 cm³/mol. The summed E-state index contributed by atoms with van der Waals surface area (Å²) in [6.45, 7) is 2.72. The lowest BCUT2D eigenvalue weighted by atomic mass is 9.78. The van der Waals surface area contributed by atoms with Gasteiger partial charge in [0.05, 0.1) is 0 Å². The zero-order chi connectivity index (χ0) is 13.5. The van der Waals surface area contributed by atoms with Gasteiger partial charge in [0.25, 0.3) is 0 Å². The van der Waals surface area contributed by atoms with Crippen LogP contribution in [-0.4, -0.2) is 24.4 Å². The van der Waals surface area contributed by atoms with E-state index < -0.39 is 0 Å². The van der Waals surface area contributed by atoms with Gasteiger partial charge in [0.1, 0.15) is 0 Å². The molecular weight excluding hydrogens is 230 g/mol. The zero-order valence-corrected chi connectivity index (χ0v) is 11.2. The van der Waals surface area contributed by atoms with E-state index in [9.17, 15) is 9.59 Å². The molecule has 0 saturated heterocycles. The molecule has 1 aliphatic rings. The fourth-order valence-corrected chi connectivity index (χ4v) is 2.59. The second kappa shape index (κ2) is 7.36. The topological polar surface area (TPSA) is 98.2 Å². The zero-order valence-electron chi connectivity index (χ0n) is 11.2.